The van der Waals surface area contributed by atoms with Crippen molar-refractivity contribution in [3.05, 3.63) is 23.3 Å². The van der Waals surface area contributed by atoms with Crippen LogP contribution in [0.4, 0.5) is 0 Å². The molecular weight excluding hydrogens is 216 g/mol. The number of unbranched alkanes of at least 4 members (excludes halogenated alkanes) is 1. The lowest BCUT2D eigenvalue weighted by Crippen LogP contribution is -2.17. The van der Waals surface area contributed by atoms with Crippen LogP contribution in [0.15, 0.2) is 23.3 Å². The highest BCUT2D eigenvalue weighted by atomic mass is 16.6. The number of esters is 1. The predicted molar refractivity (Wildman–Crippen MR) is 64.4 cm³/mol. The molecule has 0 saturated carbocycles. The third-order valence-corrected chi connectivity index (χ3v) is 3.48. The molecule has 0 bridgehead atoms. The fourth-order valence-corrected chi connectivity index (χ4v) is 2.71. The quantitative estimate of drug-likeness (QED) is 0.702. The summed E-state index contributed by atoms with van der Waals surface area (Å²) in [5.74, 6) is -0.469. The van der Waals surface area contributed by atoms with Crippen molar-refractivity contribution in [3.8, 4) is 0 Å². The summed E-state index contributed by atoms with van der Waals surface area (Å²) in [5.41, 5.74) is 2.53. The van der Waals surface area contributed by atoms with Crippen LogP contribution in [-0.4, -0.2) is 17.9 Å². The third-order valence-electron chi connectivity index (χ3n) is 3.48. The van der Waals surface area contributed by atoms with Gasteiger partial charge in [-0.05, 0) is 30.9 Å². The Balaban J connectivity index is 2.33. The molecule has 3 nitrogen and oxygen atoms in total. The first-order chi connectivity index (χ1) is 8.06. The topological polar surface area (TPSA) is 43.4 Å². The summed E-state index contributed by atoms with van der Waals surface area (Å²) >= 11 is 0. The molecule has 2 atom stereocenters. The van der Waals surface area contributed by atoms with Crippen molar-refractivity contribution >= 4 is 11.8 Å². The smallest absolute Gasteiger partial charge is 0.307 e. The SMILES string of the molecule is C=C(C)C1=C(CCCC)[C@H]2OC(=O)C[C@H]2C1=O. The maximum absolute atomic E-state index is 12.2. The lowest BCUT2D eigenvalue weighted by molar-refractivity contribution is -0.140. The van der Waals surface area contributed by atoms with Crippen LogP contribution in [-0.2, 0) is 14.3 Å². The fraction of sp³-hybridized carbons (Fsp3) is 0.571. The molecule has 0 amide bonds. The van der Waals surface area contributed by atoms with E-state index in [1.807, 2.05) is 6.92 Å². The minimum Gasteiger partial charge on any atom is -0.457 e. The van der Waals surface area contributed by atoms with Crippen molar-refractivity contribution in [2.75, 3.05) is 0 Å². The molecule has 1 saturated heterocycles. The van der Waals surface area contributed by atoms with Crippen LogP contribution < -0.4 is 0 Å². The molecule has 0 aromatic rings. The van der Waals surface area contributed by atoms with E-state index in [4.69, 9.17) is 4.74 Å². The van der Waals surface area contributed by atoms with E-state index >= 15 is 0 Å². The monoisotopic (exact) mass is 234 g/mol. The molecule has 17 heavy (non-hydrogen) atoms. The molecule has 0 unspecified atom stereocenters. The summed E-state index contributed by atoms with van der Waals surface area (Å²) in [6.07, 6.45) is 2.84. The number of Topliss-reactive ketones (excluding diaryl/α,β-unsaturated/α-hetero) is 1. The Morgan fingerprint density at radius 2 is 2.18 bits per heavy atom. The highest BCUT2D eigenvalue weighted by Crippen LogP contribution is 2.42. The van der Waals surface area contributed by atoms with Gasteiger partial charge in [-0.3, -0.25) is 9.59 Å². The lowest BCUT2D eigenvalue weighted by atomic mass is 9.98. The second-order valence-electron chi connectivity index (χ2n) is 4.87. The van der Waals surface area contributed by atoms with Crippen molar-refractivity contribution in [1.29, 1.82) is 0 Å². The van der Waals surface area contributed by atoms with Crippen LogP contribution >= 0.6 is 0 Å². The van der Waals surface area contributed by atoms with Gasteiger partial charge in [0.2, 0.25) is 0 Å². The summed E-state index contributed by atoms with van der Waals surface area (Å²) < 4.78 is 5.29. The van der Waals surface area contributed by atoms with Crippen LogP contribution in [0.25, 0.3) is 0 Å². The number of rotatable bonds is 4. The summed E-state index contributed by atoms with van der Waals surface area (Å²) in [5, 5.41) is 0. The van der Waals surface area contributed by atoms with Crippen molar-refractivity contribution in [1.82, 2.24) is 0 Å². The predicted octanol–water partition coefficient (Wildman–Crippen LogP) is 2.56. The summed E-state index contributed by atoms with van der Waals surface area (Å²) in [4.78, 5) is 23.5. The molecule has 0 radical (unpaired) electrons. The highest BCUT2D eigenvalue weighted by molar-refractivity contribution is 6.07. The van der Waals surface area contributed by atoms with E-state index < -0.39 is 0 Å². The van der Waals surface area contributed by atoms with Gasteiger partial charge in [0.25, 0.3) is 0 Å². The van der Waals surface area contributed by atoms with Gasteiger partial charge < -0.3 is 4.74 Å². The van der Waals surface area contributed by atoms with Crippen LogP contribution in [0, 0.1) is 5.92 Å². The Morgan fingerprint density at radius 1 is 1.47 bits per heavy atom. The van der Waals surface area contributed by atoms with E-state index in [9.17, 15) is 9.59 Å². The van der Waals surface area contributed by atoms with E-state index in [-0.39, 0.29) is 30.2 Å². The lowest BCUT2D eigenvalue weighted by Gasteiger charge is -2.12. The maximum Gasteiger partial charge on any atom is 0.307 e. The molecule has 2 aliphatic rings. The fourth-order valence-electron chi connectivity index (χ4n) is 2.71. The summed E-state index contributed by atoms with van der Waals surface area (Å²) in [6.45, 7) is 7.83. The number of hydrogen-bond acceptors (Lipinski definition) is 3. The Labute approximate surface area is 102 Å². The maximum atomic E-state index is 12.2. The largest absolute Gasteiger partial charge is 0.457 e. The normalized spacial score (nSPS) is 27.4. The molecule has 1 heterocycles. The van der Waals surface area contributed by atoms with Gasteiger partial charge in [0.05, 0.1) is 12.3 Å². The van der Waals surface area contributed by atoms with Gasteiger partial charge in [0.1, 0.15) is 6.10 Å². The van der Waals surface area contributed by atoms with E-state index in [0.29, 0.717) is 0 Å². The molecule has 92 valence electrons. The Morgan fingerprint density at radius 3 is 2.76 bits per heavy atom. The standard InChI is InChI=1S/C14H18O3/c1-4-5-6-9-12(8(2)3)13(16)10-7-11(15)17-14(9)10/h10,14H,2,4-7H2,1,3H3/t10-,14+/m0/s1. The van der Waals surface area contributed by atoms with Gasteiger partial charge in [-0.2, -0.15) is 0 Å². The third kappa shape index (κ3) is 1.94. The molecule has 3 heteroatoms. The number of carbonyl (C=O) groups excluding carboxylic acids is 2. The second-order valence-corrected chi connectivity index (χ2v) is 4.87. The zero-order chi connectivity index (χ0) is 12.6. The molecule has 0 N–H and O–H groups in total. The highest BCUT2D eigenvalue weighted by Gasteiger charge is 2.49. The molecule has 1 fully saturated rings. The number of fused-ring (bicyclic) bond motifs is 1. The zero-order valence-corrected chi connectivity index (χ0v) is 10.4. The first kappa shape index (κ1) is 12.1. The Hall–Kier alpha value is -1.38. The molecule has 1 aliphatic heterocycles. The average molecular weight is 234 g/mol. The first-order valence-electron chi connectivity index (χ1n) is 6.18. The number of carbonyl (C=O) groups is 2. The van der Waals surface area contributed by atoms with Crippen molar-refractivity contribution in [2.45, 2.75) is 45.6 Å². The van der Waals surface area contributed by atoms with Gasteiger partial charge in [0.15, 0.2) is 5.78 Å². The van der Waals surface area contributed by atoms with E-state index in [2.05, 4.69) is 13.5 Å². The first-order valence-corrected chi connectivity index (χ1v) is 6.18. The zero-order valence-electron chi connectivity index (χ0n) is 10.4. The number of hydrogen-bond donors (Lipinski definition) is 0. The number of allylic oxidation sites excluding steroid dienone is 2. The molecule has 0 aromatic heterocycles. The van der Waals surface area contributed by atoms with E-state index in [0.717, 1.165) is 36.0 Å². The van der Waals surface area contributed by atoms with Gasteiger partial charge in [-0.15, -0.1) is 0 Å². The van der Waals surface area contributed by atoms with Crippen LogP contribution in [0.5, 0.6) is 0 Å². The second kappa shape index (κ2) is 4.47. The summed E-state index contributed by atoms with van der Waals surface area (Å²) in [7, 11) is 0. The number of ketones is 1. The minimum atomic E-state index is -0.298. The Kier molecular flexibility index (Phi) is 3.18. The Bertz CT molecular complexity index is 417. The minimum absolute atomic E-state index is 0.0550. The van der Waals surface area contributed by atoms with Crippen molar-refractivity contribution in [2.24, 2.45) is 5.92 Å². The van der Waals surface area contributed by atoms with Gasteiger partial charge in [-0.25, -0.2) is 0 Å². The van der Waals surface area contributed by atoms with E-state index in [1.54, 1.807) is 0 Å². The van der Waals surface area contributed by atoms with Gasteiger partial charge in [0, 0.05) is 5.57 Å². The van der Waals surface area contributed by atoms with Crippen molar-refractivity contribution in [3.63, 3.8) is 0 Å². The van der Waals surface area contributed by atoms with Gasteiger partial charge >= 0.3 is 5.97 Å². The van der Waals surface area contributed by atoms with Crippen molar-refractivity contribution < 1.29 is 14.3 Å². The van der Waals surface area contributed by atoms with Crippen LogP contribution in [0.1, 0.15) is 39.5 Å². The van der Waals surface area contributed by atoms with Crippen LogP contribution in [0.2, 0.25) is 0 Å². The molecule has 2 rings (SSSR count). The van der Waals surface area contributed by atoms with Gasteiger partial charge in [-0.1, -0.05) is 19.9 Å². The molecule has 0 aromatic carbocycles. The van der Waals surface area contributed by atoms with E-state index in [1.165, 1.54) is 0 Å². The number of ether oxygens (including phenoxy) is 1. The molecular formula is C14H18O3. The van der Waals surface area contributed by atoms with Crippen LogP contribution in [0.3, 0.4) is 0 Å². The molecule has 0 spiro atoms. The summed E-state index contributed by atoms with van der Waals surface area (Å²) in [6, 6.07) is 0. The molecule has 1 aliphatic carbocycles. The average Bonchev–Trinajstić information content (AvgIpc) is 2.74.